The van der Waals surface area contributed by atoms with Crippen LogP contribution < -0.4 is 10.1 Å². The molecule has 0 saturated carbocycles. The summed E-state index contributed by atoms with van der Waals surface area (Å²) >= 11 is 0. The highest BCUT2D eigenvalue weighted by atomic mass is 16.5. The number of amides is 1. The van der Waals surface area contributed by atoms with Crippen molar-refractivity contribution in [2.75, 3.05) is 11.9 Å². The average molecular weight is 269 g/mol. The highest BCUT2D eigenvalue weighted by Gasteiger charge is 2.09. The van der Waals surface area contributed by atoms with E-state index in [-0.39, 0.29) is 5.91 Å². The lowest BCUT2D eigenvalue weighted by atomic mass is 10.1. The number of carbonyl (C=O) groups excluding carboxylic acids is 1. The summed E-state index contributed by atoms with van der Waals surface area (Å²) < 4.78 is 5.63. The number of anilines is 1. The summed E-state index contributed by atoms with van der Waals surface area (Å²) in [6, 6.07) is 15.0. The lowest BCUT2D eigenvalue weighted by molar-refractivity contribution is 0.102. The molecule has 1 amide bonds. The topological polar surface area (TPSA) is 38.3 Å². The molecule has 1 N–H and O–H groups in total. The highest BCUT2D eigenvalue weighted by Crippen LogP contribution is 2.24. The van der Waals surface area contributed by atoms with E-state index >= 15 is 0 Å². The van der Waals surface area contributed by atoms with Gasteiger partial charge in [0, 0.05) is 5.56 Å². The van der Waals surface area contributed by atoms with E-state index in [1.165, 1.54) is 0 Å². The van der Waals surface area contributed by atoms with Crippen molar-refractivity contribution in [3.05, 3.63) is 59.7 Å². The molecule has 0 aliphatic heterocycles. The van der Waals surface area contributed by atoms with Crippen molar-refractivity contribution in [3.8, 4) is 5.75 Å². The van der Waals surface area contributed by atoms with Crippen LogP contribution in [-0.4, -0.2) is 12.5 Å². The van der Waals surface area contributed by atoms with E-state index in [9.17, 15) is 4.79 Å². The molecule has 0 bridgehead atoms. The smallest absolute Gasteiger partial charge is 0.255 e. The van der Waals surface area contributed by atoms with E-state index in [1.54, 1.807) is 6.07 Å². The van der Waals surface area contributed by atoms with Crippen molar-refractivity contribution in [1.82, 2.24) is 0 Å². The number of hydrogen-bond donors (Lipinski definition) is 1. The Kier molecular flexibility index (Phi) is 4.77. The average Bonchev–Trinajstić information content (AvgIpc) is 2.46. The number of hydrogen-bond acceptors (Lipinski definition) is 2. The van der Waals surface area contributed by atoms with Crippen LogP contribution in [0.1, 0.15) is 29.3 Å². The van der Waals surface area contributed by atoms with Gasteiger partial charge in [0.2, 0.25) is 0 Å². The fourth-order valence-corrected chi connectivity index (χ4v) is 1.89. The molecule has 0 heterocycles. The Labute approximate surface area is 119 Å². The first-order chi connectivity index (χ1) is 9.70. The molecule has 0 saturated heterocycles. The summed E-state index contributed by atoms with van der Waals surface area (Å²) in [7, 11) is 0. The fourth-order valence-electron chi connectivity index (χ4n) is 1.89. The normalized spacial score (nSPS) is 10.1. The number of nitrogens with one attached hydrogen (secondary N) is 1. The Morgan fingerprint density at radius 2 is 1.95 bits per heavy atom. The van der Waals surface area contributed by atoms with Gasteiger partial charge in [-0.05, 0) is 37.6 Å². The highest BCUT2D eigenvalue weighted by molar-refractivity contribution is 6.05. The van der Waals surface area contributed by atoms with Crippen LogP contribution in [0.2, 0.25) is 0 Å². The minimum atomic E-state index is -0.124. The van der Waals surface area contributed by atoms with E-state index in [4.69, 9.17) is 4.74 Å². The van der Waals surface area contributed by atoms with Crippen LogP contribution in [-0.2, 0) is 0 Å². The lowest BCUT2D eigenvalue weighted by Crippen LogP contribution is -2.13. The van der Waals surface area contributed by atoms with Gasteiger partial charge in [0.15, 0.2) is 0 Å². The van der Waals surface area contributed by atoms with Crippen LogP contribution in [0.4, 0.5) is 5.69 Å². The molecule has 104 valence electrons. The quantitative estimate of drug-likeness (QED) is 0.889. The Hall–Kier alpha value is -2.29. The maximum absolute atomic E-state index is 12.2. The van der Waals surface area contributed by atoms with Gasteiger partial charge in [0.1, 0.15) is 5.75 Å². The first-order valence-corrected chi connectivity index (χ1v) is 6.80. The second-order valence-corrected chi connectivity index (χ2v) is 4.67. The Bertz CT molecular complexity index is 593. The molecule has 0 fully saturated rings. The molecule has 3 nitrogen and oxygen atoms in total. The van der Waals surface area contributed by atoms with Crippen molar-refractivity contribution in [3.63, 3.8) is 0 Å². The molecule has 0 unspecified atom stereocenters. The number of ether oxygens (including phenoxy) is 1. The van der Waals surface area contributed by atoms with Crippen LogP contribution in [0.5, 0.6) is 5.75 Å². The molecular formula is C17H19NO2. The minimum absolute atomic E-state index is 0.124. The summed E-state index contributed by atoms with van der Waals surface area (Å²) in [5.74, 6) is 0.580. The van der Waals surface area contributed by atoms with Gasteiger partial charge in [-0.15, -0.1) is 0 Å². The van der Waals surface area contributed by atoms with Crippen molar-refractivity contribution in [1.29, 1.82) is 0 Å². The third-order valence-electron chi connectivity index (χ3n) is 2.88. The van der Waals surface area contributed by atoms with Crippen LogP contribution in [0.3, 0.4) is 0 Å². The van der Waals surface area contributed by atoms with Gasteiger partial charge in [-0.1, -0.05) is 36.8 Å². The van der Waals surface area contributed by atoms with Gasteiger partial charge in [-0.3, -0.25) is 4.79 Å². The lowest BCUT2D eigenvalue weighted by Gasteiger charge is -2.12. The Balaban J connectivity index is 2.15. The summed E-state index contributed by atoms with van der Waals surface area (Å²) in [5, 5.41) is 2.90. The van der Waals surface area contributed by atoms with Crippen molar-refractivity contribution < 1.29 is 9.53 Å². The number of aryl methyl sites for hydroxylation is 1. The molecule has 0 radical (unpaired) electrons. The van der Waals surface area contributed by atoms with E-state index < -0.39 is 0 Å². The standard InChI is InChI=1S/C17H19NO2/c1-3-11-20-16-10-5-4-9-15(16)18-17(19)14-8-6-7-13(2)12-14/h4-10,12H,3,11H2,1-2H3,(H,18,19). The Morgan fingerprint density at radius 1 is 1.15 bits per heavy atom. The summed E-state index contributed by atoms with van der Waals surface area (Å²) in [5.41, 5.74) is 2.41. The summed E-state index contributed by atoms with van der Waals surface area (Å²) in [6.07, 6.45) is 0.931. The monoisotopic (exact) mass is 269 g/mol. The second kappa shape index (κ2) is 6.75. The largest absolute Gasteiger partial charge is 0.491 e. The predicted molar refractivity (Wildman–Crippen MR) is 81.4 cm³/mol. The molecular weight excluding hydrogens is 250 g/mol. The third kappa shape index (κ3) is 3.60. The molecule has 0 aromatic heterocycles. The molecule has 2 aromatic rings. The van der Waals surface area contributed by atoms with E-state index in [1.807, 2.05) is 56.3 Å². The zero-order valence-corrected chi connectivity index (χ0v) is 11.8. The summed E-state index contributed by atoms with van der Waals surface area (Å²) in [4.78, 5) is 12.2. The number of benzene rings is 2. The number of para-hydroxylation sites is 2. The molecule has 0 atom stereocenters. The van der Waals surface area contributed by atoms with Gasteiger partial charge in [-0.25, -0.2) is 0 Å². The maximum atomic E-state index is 12.2. The van der Waals surface area contributed by atoms with Crippen LogP contribution in [0, 0.1) is 6.92 Å². The molecule has 2 rings (SSSR count). The number of carbonyl (C=O) groups is 1. The van der Waals surface area contributed by atoms with E-state index in [2.05, 4.69) is 5.32 Å². The predicted octanol–water partition coefficient (Wildman–Crippen LogP) is 4.04. The minimum Gasteiger partial charge on any atom is -0.491 e. The maximum Gasteiger partial charge on any atom is 0.255 e. The SMILES string of the molecule is CCCOc1ccccc1NC(=O)c1cccc(C)c1. The molecule has 0 spiro atoms. The Morgan fingerprint density at radius 3 is 2.70 bits per heavy atom. The molecule has 3 heteroatoms. The van der Waals surface area contributed by atoms with Crippen LogP contribution in [0.15, 0.2) is 48.5 Å². The first-order valence-electron chi connectivity index (χ1n) is 6.80. The van der Waals surface area contributed by atoms with Gasteiger partial charge in [-0.2, -0.15) is 0 Å². The second-order valence-electron chi connectivity index (χ2n) is 4.67. The number of rotatable bonds is 5. The molecule has 2 aromatic carbocycles. The van der Waals surface area contributed by atoms with Gasteiger partial charge >= 0.3 is 0 Å². The van der Waals surface area contributed by atoms with Crippen LogP contribution in [0.25, 0.3) is 0 Å². The van der Waals surface area contributed by atoms with Crippen LogP contribution >= 0.6 is 0 Å². The zero-order chi connectivity index (χ0) is 14.4. The van der Waals surface area contributed by atoms with Crippen molar-refractivity contribution in [2.24, 2.45) is 0 Å². The third-order valence-corrected chi connectivity index (χ3v) is 2.88. The van der Waals surface area contributed by atoms with Gasteiger partial charge < -0.3 is 10.1 Å². The van der Waals surface area contributed by atoms with Gasteiger partial charge in [0.05, 0.1) is 12.3 Å². The van der Waals surface area contributed by atoms with Gasteiger partial charge in [0.25, 0.3) is 5.91 Å². The molecule has 0 aliphatic rings. The fraction of sp³-hybridized carbons (Fsp3) is 0.235. The zero-order valence-electron chi connectivity index (χ0n) is 11.8. The first kappa shape index (κ1) is 14.1. The van der Waals surface area contributed by atoms with E-state index in [0.29, 0.717) is 23.6 Å². The summed E-state index contributed by atoms with van der Waals surface area (Å²) in [6.45, 7) is 4.65. The van der Waals surface area contributed by atoms with E-state index in [0.717, 1.165) is 12.0 Å². The van der Waals surface area contributed by atoms with Crippen molar-refractivity contribution >= 4 is 11.6 Å². The molecule has 20 heavy (non-hydrogen) atoms. The molecule has 0 aliphatic carbocycles. The van der Waals surface area contributed by atoms with Crippen molar-refractivity contribution in [2.45, 2.75) is 20.3 Å².